The Labute approximate surface area is 126 Å². The molecule has 0 bridgehead atoms. The predicted octanol–water partition coefficient (Wildman–Crippen LogP) is 5.65. The highest BCUT2D eigenvalue weighted by Crippen LogP contribution is 2.16. The standard InChI is InChI=1S/C16H38OSi2/c1-5-9-11-13-15-19(16-14-12-10-6-2)17-18(7-3)8-4/h18-19H,5-16H2,1-4H3. The van der Waals surface area contributed by atoms with Gasteiger partial charge in [0.2, 0.25) is 0 Å². The lowest BCUT2D eigenvalue weighted by Crippen LogP contribution is -2.28. The van der Waals surface area contributed by atoms with Crippen LogP contribution in [-0.4, -0.2) is 18.1 Å². The minimum absolute atomic E-state index is 0.806. The highest BCUT2D eigenvalue weighted by molar-refractivity contribution is 6.66. The van der Waals surface area contributed by atoms with Crippen LogP contribution in [0.4, 0.5) is 0 Å². The van der Waals surface area contributed by atoms with Gasteiger partial charge in [-0.2, -0.15) is 0 Å². The van der Waals surface area contributed by atoms with Gasteiger partial charge in [0.1, 0.15) is 0 Å². The van der Waals surface area contributed by atoms with Crippen LogP contribution in [0.15, 0.2) is 0 Å². The fraction of sp³-hybridized carbons (Fsp3) is 1.00. The minimum Gasteiger partial charge on any atom is -0.460 e. The second-order valence-corrected chi connectivity index (χ2v) is 12.3. The summed E-state index contributed by atoms with van der Waals surface area (Å²) >= 11 is 0. The van der Waals surface area contributed by atoms with Crippen molar-refractivity contribution >= 4 is 18.1 Å². The van der Waals surface area contributed by atoms with Crippen LogP contribution in [0.3, 0.4) is 0 Å². The van der Waals surface area contributed by atoms with E-state index < -0.39 is 18.1 Å². The monoisotopic (exact) mass is 302 g/mol. The normalized spacial score (nSPS) is 11.7. The van der Waals surface area contributed by atoms with Gasteiger partial charge < -0.3 is 4.12 Å². The lowest BCUT2D eigenvalue weighted by molar-refractivity contribution is 0.553. The average molecular weight is 303 g/mol. The van der Waals surface area contributed by atoms with Gasteiger partial charge in [-0.05, 0) is 24.2 Å². The molecule has 0 rings (SSSR count). The zero-order valence-electron chi connectivity index (χ0n) is 14.0. The van der Waals surface area contributed by atoms with E-state index in [0.717, 1.165) is 0 Å². The largest absolute Gasteiger partial charge is 0.460 e. The van der Waals surface area contributed by atoms with Crippen molar-refractivity contribution in [3.05, 3.63) is 0 Å². The predicted molar refractivity (Wildman–Crippen MR) is 94.2 cm³/mol. The molecule has 0 heterocycles. The molecule has 0 amide bonds. The van der Waals surface area contributed by atoms with Crippen LogP contribution in [0.5, 0.6) is 0 Å². The second kappa shape index (κ2) is 14.8. The van der Waals surface area contributed by atoms with Crippen LogP contribution in [0.1, 0.15) is 79.1 Å². The summed E-state index contributed by atoms with van der Waals surface area (Å²) in [5.74, 6) is 0. The van der Waals surface area contributed by atoms with Crippen LogP contribution >= 0.6 is 0 Å². The highest BCUT2D eigenvalue weighted by atomic mass is 28.4. The Kier molecular flexibility index (Phi) is 15.1. The van der Waals surface area contributed by atoms with Crippen LogP contribution in [0.25, 0.3) is 0 Å². The summed E-state index contributed by atoms with van der Waals surface area (Å²) in [5.41, 5.74) is 0. The van der Waals surface area contributed by atoms with E-state index in [9.17, 15) is 0 Å². The van der Waals surface area contributed by atoms with Gasteiger partial charge in [-0.3, -0.25) is 0 Å². The molecule has 0 saturated heterocycles. The third-order valence-electron chi connectivity index (χ3n) is 4.05. The van der Waals surface area contributed by atoms with Crippen molar-refractivity contribution < 1.29 is 4.12 Å². The fourth-order valence-electron chi connectivity index (χ4n) is 2.63. The quantitative estimate of drug-likeness (QED) is 0.297. The van der Waals surface area contributed by atoms with E-state index in [4.69, 9.17) is 4.12 Å². The second-order valence-electron chi connectivity index (χ2n) is 5.90. The first kappa shape index (κ1) is 19.4. The molecule has 0 aliphatic rings. The molecule has 0 unspecified atom stereocenters. The van der Waals surface area contributed by atoms with Gasteiger partial charge in [-0.15, -0.1) is 0 Å². The first-order chi connectivity index (χ1) is 9.28. The third-order valence-corrected chi connectivity index (χ3v) is 11.1. The number of unbranched alkanes of at least 4 members (excludes halogenated alkanes) is 6. The molecule has 0 radical (unpaired) electrons. The molecular formula is C16H38OSi2. The fourth-order valence-corrected chi connectivity index (χ4v) is 9.79. The summed E-state index contributed by atoms with van der Waals surface area (Å²) in [6, 6.07) is 5.58. The van der Waals surface area contributed by atoms with Crippen molar-refractivity contribution in [2.24, 2.45) is 0 Å². The maximum Gasteiger partial charge on any atom is 0.162 e. The molecule has 0 saturated carbocycles. The van der Waals surface area contributed by atoms with Gasteiger partial charge in [0.15, 0.2) is 18.1 Å². The summed E-state index contributed by atoms with van der Waals surface area (Å²) in [4.78, 5) is 0. The van der Waals surface area contributed by atoms with Gasteiger partial charge in [0.25, 0.3) is 0 Å². The molecule has 116 valence electrons. The lowest BCUT2D eigenvalue weighted by Gasteiger charge is -2.22. The molecular weight excluding hydrogens is 264 g/mol. The highest BCUT2D eigenvalue weighted by Gasteiger charge is 2.16. The number of hydrogen-bond acceptors (Lipinski definition) is 1. The SMILES string of the molecule is CCCCCC[SiH](CCCCCC)O[SiH](CC)CC. The summed E-state index contributed by atoms with van der Waals surface area (Å²) in [6.45, 7) is 9.26. The van der Waals surface area contributed by atoms with Crippen molar-refractivity contribution in [2.45, 2.75) is 103 Å². The van der Waals surface area contributed by atoms with E-state index in [-0.39, 0.29) is 0 Å². The molecule has 0 spiro atoms. The molecule has 3 heteroatoms. The Morgan fingerprint density at radius 2 is 1.05 bits per heavy atom. The maximum absolute atomic E-state index is 6.59. The average Bonchev–Trinajstić information content (AvgIpc) is 2.44. The van der Waals surface area contributed by atoms with E-state index >= 15 is 0 Å². The molecule has 0 aromatic heterocycles. The van der Waals surface area contributed by atoms with Gasteiger partial charge in [0.05, 0.1) is 0 Å². The summed E-state index contributed by atoms with van der Waals surface area (Å²) < 4.78 is 6.59. The molecule has 0 aromatic rings. The molecule has 1 nitrogen and oxygen atoms in total. The molecule has 0 N–H and O–H groups in total. The van der Waals surface area contributed by atoms with Gasteiger partial charge in [-0.25, -0.2) is 0 Å². The molecule has 0 aliphatic heterocycles. The maximum atomic E-state index is 6.59. The smallest absolute Gasteiger partial charge is 0.162 e. The zero-order chi connectivity index (χ0) is 14.3. The molecule has 0 aromatic carbocycles. The zero-order valence-corrected chi connectivity index (χ0v) is 16.4. The number of hydrogen-bond donors (Lipinski definition) is 0. The third kappa shape index (κ3) is 11.9. The first-order valence-corrected chi connectivity index (χ1v) is 13.1. The van der Waals surface area contributed by atoms with Gasteiger partial charge in [-0.1, -0.05) is 79.1 Å². The van der Waals surface area contributed by atoms with Crippen LogP contribution in [-0.2, 0) is 4.12 Å². The Morgan fingerprint density at radius 1 is 0.579 bits per heavy atom. The van der Waals surface area contributed by atoms with E-state index in [1.165, 1.54) is 75.5 Å². The van der Waals surface area contributed by atoms with Crippen molar-refractivity contribution in [1.82, 2.24) is 0 Å². The molecule has 0 aliphatic carbocycles. The van der Waals surface area contributed by atoms with E-state index in [1.54, 1.807) is 0 Å². The van der Waals surface area contributed by atoms with Crippen LogP contribution in [0, 0.1) is 0 Å². The van der Waals surface area contributed by atoms with E-state index in [2.05, 4.69) is 27.7 Å². The summed E-state index contributed by atoms with van der Waals surface area (Å²) in [6.07, 6.45) is 11.3. The molecule has 0 fully saturated rings. The van der Waals surface area contributed by atoms with Gasteiger partial charge in [0, 0.05) is 0 Å². The first-order valence-electron chi connectivity index (χ1n) is 8.93. The Bertz CT molecular complexity index is 160. The van der Waals surface area contributed by atoms with Gasteiger partial charge >= 0.3 is 0 Å². The Hall–Kier alpha value is 0.394. The lowest BCUT2D eigenvalue weighted by atomic mass is 10.2. The number of rotatable bonds is 14. The van der Waals surface area contributed by atoms with E-state index in [0.29, 0.717) is 0 Å². The Morgan fingerprint density at radius 3 is 1.42 bits per heavy atom. The summed E-state index contributed by atoms with van der Waals surface area (Å²) in [5, 5.41) is 0. The minimum atomic E-state index is -0.851. The molecule has 19 heavy (non-hydrogen) atoms. The van der Waals surface area contributed by atoms with Crippen molar-refractivity contribution in [1.29, 1.82) is 0 Å². The van der Waals surface area contributed by atoms with Crippen molar-refractivity contribution in [2.75, 3.05) is 0 Å². The Balaban J connectivity index is 3.91. The van der Waals surface area contributed by atoms with E-state index in [1.807, 2.05) is 0 Å². The topological polar surface area (TPSA) is 9.23 Å². The van der Waals surface area contributed by atoms with Crippen LogP contribution in [0.2, 0.25) is 24.2 Å². The van der Waals surface area contributed by atoms with Crippen molar-refractivity contribution in [3.63, 3.8) is 0 Å². The van der Waals surface area contributed by atoms with Crippen LogP contribution < -0.4 is 0 Å². The van der Waals surface area contributed by atoms with Crippen molar-refractivity contribution in [3.8, 4) is 0 Å². The summed E-state index contributed by atoms with van der Waals surface area (Å²) in [7, 11) is -1.66. The molecule has 0 atom stereocenters.